The van der Waals surface area contributed by atoms with Crippen LogP contribution in [0.3, 0.4) is 0 Å². The van der Waals surface area contributed by atoms with Gasteiger partial charge in [-0.1, -0.05) is 0 Å². The second-order valence-corrected chi connectivity index (χ2v) is 5.37. The van der Waals surface area contributed by atoms with Crippen LogP contribution in [0.2, 0.25) is 0 Å². The van der Waals surface area contributed by atoms with E-state index >= 15 is 0 Å². The minimum atomic E-state index is 1.27. The molecule has 0 nitrogen and oxygen atoms in total. The zero-order valence-electron chi connectivity index (χ0n) is 6.03. The van der Waals surface area contributed by atoms with Gasteiger partial charge in [0.25, 0.3) is 0 Å². The van der Waals surface area contributed by atoms with Crippen molar-refractivity contribution in [2.75, 3.05) is 0 Å². The molecule has 0 aliphatic heterocycles. The molecule has 0 aromatic carbocycles. The predicted molar refractivity (Wildman–Crippen MR) is 37.2 cm³/mol. The summed E-state index contributed by atoms with van der Waals surface area (Å²) in [5.41, 5.74) is 0. The predicted octanol–water partition coefficient (Wildman–Crippen LogP) is 1.76. The van der Waals surface area contributed by atoms with E-state index in [4.69, 9.17) is 0 Å². The second-order valence-electron chi connectivity index (χ2n) is 5.37. The fourth-order valence-corrected chi connectivity index (χ4v) is 5.99. The van der Waals surface area contributed by atoms with Gasteiger partial charge < -0.3 is 0 Å². The van der Waals surface area contributed by atoms with Crippen LogP contribution in [-0.2, 0) is 0 Å². The molecular weight excluding hydrogens is 120 g/mol. The Balaban J connectivity index is 1.90. The van der Waals surface area contributed by atoms with E-state index in [2.05, 4.69) is 0 Å². The monoisotopic (exact) mass is 132 g/mol. The lowest BCUT2D eigenvalue weighted by atomic mass is 9.66. The molecule has 0 aromatic rings. The Labute approximate surface area is 61.0 Å². The molecule has 6 atom stereocenters. The van der Waals surface area contributed by atoms with Crippen LogP contribution in [-0.4, -0.2) is 0 Å². The Hall–Kier alpha value is 0. The van der Waals surface area contributed by atoms with Gasteiger partial charge >= 0.3 is 0 Å². The van der Waals surface area contributed by atoms with Crippen LogP contribution in [0.25, 0.3) is 0 Å². The van der Waals surface area contributed by atoms with Crippen molar-refractivity contribution in [3.63, 3.8) is 0 Å². The van der Waals surface area contributed by atoms with Crippen LogP contribution in [0, 0.1) is 47.3 Å². The summed E-state index contributed by atoms with van der Waals surface area (Å²) in [5, 5.41) is 0. The quantitative estimate of drug-likeness (QED) is 0.471. The van der Waals surface area contributed by atoms with Crippen LogP contribution in [0.5, 0.6) is 0 Å². The first-order chi connectivity index (χ1) is 4.98. The van der Waals surface area contributed by atoms with E-state index in [0.29, 0.717) is 0 Å². The van der Waals surface area contributed by atoms with Crippen molar-refractivity contribution < 1.29 is 0 Å². The standard InChI is InChI=1S/C10H12/c1-2-4-5-3(1)6-7(4)10-8(5)9(6)10/h3-10H,1-2H2/t3-,4-,5?,6-,7-,8?,9+,10+/m0/s1. The first-order valence-corrected chi connectivity index (χ1v) is 4.98. The number of hydrogen-bond acceptors (Lipinski definition) is 0. The molecule has 0 unspecified atom stereocenters. The van der Waals surface area contributed by atoms with E-state index in [0.717, 1.165) is 0 Å². The van der Waals surface area contributed by atoms with Crippen LogP contribution < -0.4 is 0 Å². The van der Waals surface area contributed by atoms with Gasteiger partial charge in [-0.2, -0.15) is 0 Å². The Morgan fingerprint density at radius 2 is 1.00 bits per heavy atom. The normalized spacial score (nSPS) is 91.2. The first-order valence-electron chi connectivity index (χ1n) is 4.98. The fraction of sp³-hybridized carbons (Fsp3) is 1.00. The molecule has 0 radical (unpaired) electrons. The molecule has 10 heavy (non-hydrogen) atoms. The molecule has 52 valence electrons. The molecule has 6 fully saturated rings. The summed E-state index contributed by atoms with van der Waals surface area (Å²) in [7, 11) is 0. The molecular formula is C10H12. The zero-order chi connectivity index (χ0) is 6.03. The topological polar surface area (TPSA) is 0 Å². The largest absolute Gasteiger partial charge is 0.0496 e. The maximum Gasteiger partial charge on any atom is -0.0312 e. The van der Waals surface area contributed by atoms with Crippen molar-refractivity contribution in [3.05, 3.63) is 0 Å². The maximum atomic E-state index is 1.64. The average Bonchev–Trinajstić information content (AvgIpc) is 2.37. The van der Waals surface area contributed by atoms with E-state index in [9.17, 15) is 0 Å². The SMILES string of the molecule is C1C[C@H]2C3C4[C@@H]5[C@@H]4[C@@H]2[C@@H]5[C@@H]13. The van der Waals surface area contributed by atoms with Gasteiger partial charge in [-0.3, -0.25) is 0 Å². The third kappa shape index (κ3) is 0.177. The molecule has 6 rings (SSSR count). The number of hydrogen-bond donors (Lipinski definition) is 0. The van der Waals surface area contributed by atoms with Gasteiger partial charge in [0, 0.05) is 0 Å². The Morgan fingerprint density at radius 1 is 0.500 bits per heavy atom. The lowest BCUT2D eigenvalue weighted by molar-refractivity contribution is 0.0851. The molecule has 0 amide bonds. The van der Waals surface area contributed by atoms with E-state index in [1.807, 2.05) is 0 Å². The molecule has 6 aliphatic rings. The summed E-state index contributed by atoms with van der Waals surface area (Å²) in [4.78, 5) is 0. The molecule has 5 bridgehead atoms. The minimum absolute atomic E-state index is 1.27. The Kier molecular flexibility index (Phi) is 0.352. The summed E-state index contributed by atoms with van der Waals surface area (Å²) in [5.74, 6) is 10.4. The summed E-state index contributed by atoms with van der Waals surface area (Å²) >= 11 is 0. The van der Waals surface area contributed by atoms with E-state index in [1.165, 1.54) is 47.3 Å². The van der Waals surface area contributed by atoms with Gasteiger partial charge in [-0.25, -0.2) is 0 Å². The van der Waals surface area contributed by atoms with Gasteiger partial charge in [-0.15, -0.1) is 0 Å². The van der Waals surface area contributed by atoms with E-state index in [1.54, 1.807) is 12.8 Å². The van der Waals surface area contributed by atoms with Crippen molar-refractivity contribution >= 4 is 0 Å². The summed E-state index contributed by atoms with van der Waals surface area (Å²) < 4.78 is 0. The average molecular weight is 132 g/mol. The summed E-state index contributed by atoms with van der Waals surface area (Å²) in [6.45, 7) is 0. The lowest BCUT2D eigenvalue weighted by Gasteiger charge is -2.39. The van der Waals surface area contributed by atoms with Crippen molar-refractivity contribution in [1.29, 1.82) is 0 Å². The van der Waals surface area contributed by atoms with Crippen molar-refractivity contribution in [3.8, 4) is 0 Å². The molecule has 0 spiro atoms. The van der Waals surface area contributed by atoms with Crippen LogP contribution >= 0.6 is 0 Å². The van der Waals surface area contributed by atoms with Crippen LogP contribution in [0.1, 0.15) is 12.8 Å². The summed E-state index contributed by atoms with van der Waals surface area (Å²) in [6.07, 6.45) is 3.27. The lowest BCUT2D eigenvalue weighted by Crippen LogP contribution is -2.34. The van der Waals surface area contributed by atoms with Crippen molar-refractivity contribution in [2.45, 2.75) is 12.8 Å². The minimum Gasteiger partial charge on any atom is -0.0496 e. The molecule has 0 saturated heterocycles. The molecule has 0 heterocycles. The van der Waals surface area contributed by atoms with Gasteiger partial charge in [0.15, 0.2) is 0 Å². The van der Waals surface area contributed by atoms with Crippen LogP contribution in [0.4, 0.5) is 0 Å². The third-order valence-corrected chi connectivity index (χ3v) is 5.78. The van der Waals surface area contributed by atoms with E-state index in [-0.39, 0.29) is 0 Å². The number of rotatable bonds is 0. The van der Waals surface area contributed by atoms with Crippen molar-refractivity contribution in [1.82, 2.24) is 0 Å². The summed E-state index contributed by atoms with van der Waals surface area (Å²) in [6, 6.07) is 0. The van der Waals surface area contributed by atoms with Crippen LogP contribution in [0.15, 0.2) is 0 Å². The van der Waals surface area contributed by atoms with Crippen molar-refractivity contribution in [2.24, 2.45) is 47.3 Å². The molecule has 0 heteroatoms. The maximum absolute atomic E-state index is 1.64. The Morgan fingerprint density at radius 3 is 1.40 bits per heavy atom. The van der Waals surface area contributed by atoms with Gasteiger partial charge in [0.2, 0.25) is 0 Å². The fourth-order valence-electron chi connectivity index (χ4n) is 5.99. The van der Waals surface area contributed by atoms with Gasteiger partial charge in [-0.05, 0) is 60.2 Å². The second kappa shape index (κ2) is 0.852. The molecule has 0 N–H and O–H groups in total. The molecule has 6 saturated carbocycles. The van der Waals surface area contributed by atoms with E-state index < -0.39 is 0 Å². The third-order valence-electron chi connectivity index (χ3n) is 5.78. The Bertz CT molecular complexity index is 216. The first kappa shape index (κ1) is 4.13. The highest BCUT2D eigenvalue weighted by atomic mass is 14.9. The molecule has 6 aliphatic carbocycles. The highest BCUT2D eigenvalue weighted by Crippen LogP contribution is 2.91. The highest BCUT2D eigenvalue weighted by Gasteiger charge is 2.87. The van der Waals surface area contributed by atoms with Gasteiger partial charge in [0.1, 0.15) is 0 Å². The smallest absolute Gasteiger partial charge is 0.0312 e. The zero-order valence-corrected chi connectivity index (χ0v) is 6.03. The molecule has 0 aromatic heterocycles. The highest BCUT2D eigenvalue weighted by molar-refractivity contribution is 5.34. The van der Waals surface area contributed by atoms with Gasteiger partial charge in [0.05, 0.1) is 0 Å².